The van der Waals surface area contributed by atoms with Crippen molar-refractivity contribution < 1.29 is 4.79 Å². The Balaban J connectivity index is 1.37. The number of nitrogens with zero attached hydrogens (tertiary/aromatic N) is 7. The van der Waals surface area contributed by atoms with Crippen LogP contribution >= 0.6 is 0 Å². The molecule has 3 aromatic rings. The van der Waals surface area contributed by atoms with Crippen molar-refractivity contribution in [3.63, 3.8) is 0 Å². The molecule has 0 unspecified atom stereocenters. The highest BCUT2D eigenvalue weighted by atomic mass is 16.2. The molecule has 0 N–H and O–H groups in total. The van der Waals surface area contributed by atoms with Crippen LogP contribution in [0.25, 0.3) is 11.5 Å². The minimum absolute atomic E-state index is 0.0544. The SMILES string of the molecule is Cc1cnc(C(=O)N2CC[C@H](Cc3cnc(-c4nccn4C)cn3)C2)cn1. The summed E-state index contributed by atoms with van der Waals surface area (Å²) in [6.07, 6.45) is 12.1. The first-order valence-electron chi connectivity index (χ1n) is 8.96. The lowest BCUT2D eigenvalue weighted by atomic mass is 10.0. The van der Waals surface area contributed by atoms with Crippen LogP contribution in [0.5, 0.6) is 0 Å². The van der Waals surface area contributed by atoms with E-state index >= 15 is 0 Å². The number of carbonyl (C=O) groups is 1. The first kappa shape index (κ1) is 17.3. The van der Waals surface area contributed by atoms with E-state index in [9.17, 15) is 4.79 Å². The van der Waals surface area contributed by atoms with Crippen LogP contribution < -0.4 is 0 Å². The van der Waals surface area contributed by atoms with Crippen LogP contribution in [0.1, 0.15) is 28.3 Å². The number of hydrogen-bond donors (Lipinski definition) is 0. The van der Waals surface area contributed by atoms with E-state index in [0.717, 1.165) is 42.3 Å². The van der Waals surface area contributed by atoms with Crippen LogP contribution in [0.3, 0.4) is 0 Å². The van der Waals surface area contributed by atoms with Gasteiger partial charge in [-0.05, 0) is 25.7 Å². The Hall–Kier alpha value is -3.16. The molecule has 0 radical (unpaired) electrons. The summed E-state index contributed by atoms with van der Waals surface area (Å²) in [5, 5.41) is 0. The molecule has 0 aliphatic carbocycles. The zero-order chi connectivity index (χ0) is 18.8. The van der Waals surface area contributed by atoms with Gasteiger partial charge in [0.05, 0.1) is 23.8 Å². The number of aryl methyl sites for hydroxylation is 2. The molecule has 3 aromatic heterocycles. The largest absolute Gasteiger partial charge is 0.337 e. The zero-order valence-corrected chi connectivity index (χ0v) is 15.4. The third-order valence-corrected chi connectivity index (χ3v) is 4.83. The fourth-order valence-corrected chi connectivity index (χ4v) is 3.33. The van der Waals surface area contributed by atoms with E-state index in [2.05, 4.69) is 24.9 Å². The normalized spacial score (nSPS) is 16.7. The van der Waals surface area contributed by atoms with Crippen LogP contribution in [-0.2, 0) is 13.5 Å². The molecule has 1 amide bonds. The second-order valence-electron chi connectivity index (χ2n) is 6.91. The summed E-state index contributed by atoms with van der Waals surface area (Å²) in [6.45, 7) is 3.29. The Bertz CT molecular complexity index is 933. The second-order valence-corrected chi connectivity index (χ2v) is 6.91. The molecule has 8 heteroatoms. The molecule has 1 atom stereocenters. The highest BCUT2D eigenvalue weighted by molar-refractivity contribution is 5.92. The van der Waals surface area contributed by atoms with E-state index in [0.29, 0.717) is 18.2 Å². The van der Waals surface area contributed by atoms with E-state index < -0.39 is 0 Å². The van der Waals surface area contributed by atoms with E-state index in [1.165, 1.54) is 0 Å². The van der Waals surface area contributed by atoms with Gasteiger partial charge < -0.3 is 9.47 Å². The van der Waals surface area contributed by atoms with Gasteiger partial charge in [0, 0.05) is 44.9 Å². The van der Waals surface area contributed by atoms with Crippen molar-refractivity contribution in [2.75, 3.05) is 13.1 Å². The molecule has 1 aliphatic heterocycles. The number of carbonyl (C=O) groups excluding carboxylic acids is 1. The fourth-order valence-electron chi connectivity index (χ4n) is 3.33. The highest BCUT2D eigenvalue weighted by Crippen LogP contribution is 2.22. The molecule has 0 aromatic carbocycles. The van der Waals surface area contributed by atoms with Crippen LogP contribution in [0.15, 0.2) is 37.2 Å². The number of hydrogen-bond acceptors (Lipinski definition) is 6. The fraction of sp³-hybridized carbons (Fsp3) is 0.368. The maximum absolute atomic E-state index is 12.6. The summed E-state index contributed by atoms with van der Waals surface area (Å²) in [5.74, 6) is 1.12. The van der Waals surface area contributed by atoms with E-state index in [1.54, 1.807) is 31.0 Å². The van der Waals surface area contributed by atoms with Crippen LogP contribution in [0.4, 0.5) is 0 Å². The van der Waals surface area contributed by atoms with Gasteiger partial charge in [-0.25, -0.2) is 15.0 Å². The van der Waals surface area contributed by atoms with Gasteiger partial charge in [-0.3, -0.25) is 14.8 Å². The quantitative estimate of drug-likeness (QED) is 0.701. The summed E-state index contributed by atoms with van der Waals surface area (Å²) in [6, 6.07) is 0. The predicted molar refractivity (Wildman–Crippen MR) is 98.7 cm³/mol. The summed E-state index contributed by atoms with van der Waals surface area (Å²) in [4.78, 5) is 36.1. The Kier molecular flexibility index (Phi) is 4.62. The van der Waals surface area contributed by atoms with Crippen molar-refractivity contribution in [2.45, 2.75) is 19.8 Å². The average Bonchev–Trinajstić information content (AvgIpc) is 3.32. The number of rotatable bonds is 4. The summed E-state index contributed by atoms with van der Waals surface area (Å²) in [5.41, 5.74) is 2.90. The van der Waals surface area contributed by atoms with Crippen molar-refractivity contribution >= 4 is 5.91 Å². The molecular weight excluding hydrogens is 342 g/mol. The van der Waals surface area contributed by atoms with Crippen molar-refractivity contribution in [1.82, 2.24) is 34.4 Å². The van der Waals surface area contributed by atoms with E-state index in [1.807, 2.05) is 29.6 Å². The highest BCUT2D eigenvalue weighted by Gasteiger charge is 2.28. The topological polar surface area (TPSA) is 89.7 Å². The van der Waals surface area contributed by atoms with Crippen LogP contribution in [0, 0.1) is 12.8 Å². The molecule has 1 saturated heterocycles. The third kappa shape index (κ3) is 3.69. The molecule has 138 valence electrons. The number of amides is 1. The van der Waals surface area contributed by atoms with Crippen molar-refractivity contribution in [1.29, 1.82) is 0 Å². The predicted octanol–water partition coefficient (Wildman–Crippen LogP) is 1.68. The minimum Gasteiger partial charge on any atom is -0.337 e. The monoisotopic (exact) mass is 363 g/mol. The van der Waals surface area contributed by atoms with Crippen molar-refractivity contribution in [3.8, 4) is 11.5 Å². The van der Waals surface area contributed by atoms with Gasteiger partial charge in [-0.2, -0.15) is 0 Å². The smallest absolute Gasteiger partial charge is 0.274 e. The molecule has 4 rings (SSSR count). The van der Waals surface area contributed by atoms with Crippen LogP contribution in [-0.4, -0.2) is 53.4 Å². The van der Waals surface area contributed by atoms with Gasteiger partial charge in [0.15, 0.2) is 5.82 Å². The summed E-state index contributed by atoms with van der Waals surface area (Å²) < 4.78 is 1.91. The van der Waals surface area contributed by atoms with E-state index in [-0.39, 0.29) is 5.91 Å². The Morgan fingerprint density at radius 2 is 2.00 bits per heavy atom. The molecule has 27 heavy (non-hydrogen) atoms. The average molecular weight is 363 g/mol. The van der Waals surface area contributed by atoms with Gasteiger partial charge in [0.25, 0.3) is 5.91 Å². The Labute approximate surface area is 157 Å². The zero-order valence-electron chi connectivity index (χ0n) is 15.4. The molecular formula is C19H21N7O. The standard InChI is InChI=1S/C19H21N7O/c1-13-8-23-17(11-21-13)19(27)26-5-3-14(12-26)7-15-9-24-16(10-22-15)18-20-4-6-25(18)2/h4,6,8-11,14H,3,5,7,12H2,1-2H3/t14-/m1/s1. The van der Waals surface area contributed by atoms with Crippen LogP contribution in [0.2, 0.25) is 0 Å². The Morgan fingerprint density at radius 1 is 1.11 bits per heavy atom. The molecule has 1 fully saturated rings. The number of aromatic nitrogens is 6. The molecule has 4 heterocycles. The Morgan fingerprint density at radius 3 is 2.67 bits per heavy atom. The first-order chi connectivity index (χ1) is 13.1. The number of imidazole rings is 1. The molecule has 0 saturated carbocycles. The molecule has 0 spiro atoms. The van der Waals surface area contributed by atoms with Gasteiger partial charge in [-0.15, -0.1) is 0 Å². The third-order valence-electron chi connectivity index (χ3n) is 4.83. The summed E-state index contributed by atoms with van der Waals surface area (Å²) >= 11 is 0. The number of likely N-dealkylation sites (tertiary alicyclic amines) is 1. The van der Waals surface area contributed by atoms with Gasteiger partial charge in [0.2, 0.25) is 0 Å². The lowest BCUT2D eigenvalue weighted by Crippen LogP contribution is -2.29. The van der Waals surface area contributed by atoms with E-state index in [4.69, 9.17) is 0 Å². The molecule has 8 nitrogen and oxygen atoms in total. The molecule has 1 aliphatic rings. The van der Waals surface area contributed by atoms with Gasteiger partial charge in [0.1, 0.15) is 11.4 Å². The first-order valence-corrected chi connectivity index (χ1v) is 8.96. The lowest BCUT2D eigenvalue weighted by Gasteiger charge is -2.15. The van der Waals surface area contributed by atoms with Crippen molar-refractivity contribution in [2.24, 2.45) is 13.0 Å². The van der Waals surface area contributed by atoms with Crippen molar-refractivity contribution in [3.05, 3.63) is 54.3 Å². The minimum atomic E-state index is -0.0544. The maximum atomic E-state index is 12.6. The molecule has 0 bridgehead atoms. The van der Waals surface area contributed by atoms with Gasteiger partial charge in [-0.1, -0.05) is 0 Å². The maximum Gasteiger partial charge on any atom is 0.274 e. The second kappa shape index (κ2) is 7.22. The van der Waals surface area contributed by atoms with Gasteiger partial charge >= 0.3 is 0 Å². The summed E-state index contributed by atoms with van der Waals surface area (Å²) in [7, 11) is 1.93. The lowest BCUT2D eigenvalue weighted by molar-refractivity contribution is 0.0780.